The maximum atomic E-state index is 5.50. The largest absolute Gasteiger partial charge is 0.369 e. The quantitative estimate of drug-likeness (QED) is 0.559. The highest BCUT2D eigenvalue weighted by molar-refractivity contribution is 7.09. The Kier molecular flexibility index (Phi) is 4.86. The van der Waals surface area contributed by atoms with E-state index in [0.29, 0.717) is 5.82 Å². The Labute approximate surface area is 122 Å². The van der Waals surface area contributed by atoms with Gasteiger partial charge >= 0.3 is 0 Å². The Bertz CT molecular complexity index is 566. The second-order valence-corrected chi connectivity index (χ2v) is 5.79. The number of nitrogens with one attached hydrogen (secondary N) is 2. The van der Waals surface area contributed by atoms with E-state index in [-0.39, 0.29) is 5.92 Å². The summed E-state index contributed by atoms with van der Waals surface area (Å²) in [4.78, 5) is 12.9. The van der Waals surface area contributed by atoms with E-state index < -0.39 is 0 Å². The molecule has 0 saturated carbocycles. The zero-order chi connectivity index (χ0) is 14.5. The number of hydrogen-bond donors (Lipinski definition) is 3. The Morgan fingerprint density at radius 3 is 2.65 bits per heavy atom. The van der Waals surface area contributed by atoms with Gasteiger partial charge in [0, 0.05) is 29.6 Å². The van der Waals surface area contributed by atoms with Gasteiger partial charge in [-0.2, -0.15) is 0 Å². The average molecular weight is 292 g/mol. The monoisotopic (exact) mass is 292 g/mol. The molecular formula is C13H20N6S. The predicted octanol–water partition coefficient (Wildman–Crippen LogP) is 2.31. The number of hydrogen-bond acceptors (Lipinski definition) is 7. The minimum Gasteiger partial charge on any atom is -0.369 e. The molecule has 0 aliphatic rings. The minimum absolute atomic E-state index is 0.284. The fourth-order valence-electron chi connectivity index (χ4n) is 2.00. The number of nitrogen functional groups attached to an aromatic ring is 1. The molecule has 108 valence electrons. The van der Waals surface area contributed by atoms with Crippen LogP contribution in [0.2, 0.25) is 0 Å². The van der Waals surface area contributed by atoms with Crippen molar-refractivity contribution < 1.29 is 0 Å². The zero-order valence-corrected chi connectivity index (χ0v) is 12.8. The molecule has 2 aromatic rings. The van der Waals surface area contributed by atoms with Crippen molar-refractivity contribution in [2.24, 2.45) is 5.84 Å². The third-order valence-corrected chi connectivity index (χ3v) is 3.92. The number of rotatable bonds is 6. The molecule has 0 radical (unpaired) electrons. The van der Waals surface area contributed by atoms with Gasteiger partial charge in [0.15, 0.2) is 0 Å². The first-order valence-electron chi connectivity index (χ1n) is 6.58. The van der Waals surface area contributed by atoms with Crippen molar-refractivity contribution in [3.8, 4) is 0 Å². The predicted molar refractivity (Wildman–Crippen MR) is 83.0 cm³/mol. The number of hydrazine groups is 1. The van der Waals surface area contributed by atoms with E-state index in [2.05, 4.69) is 44.9 Å². The molecule has 0 atom stereocenters. The molecule has 0 aliphatic carbocycles. The fourth-order valence-corrected chi connectivity index (χ4v) is 2.78. The normalized spacial score (nSPS) is 10.8. The fraction of sp³-hybridized carbons (Fsp3) is 0.462. The van der Waals surface area contributed by atoms with Crippen molar-refractivity contribution in [3.05, 3.63) is 28.0 Å². The molecule has 0 unspecified atom stereocenters. The van der Waals surface area contributed by atoms with Gasteiger partial charge in [-0.25, -0.2) is 20.8 Å². The Morgan fingerprint density at radius 2 is 2.05 bits per heavy atom. The summed E-state index contributed by atoms with van der Waals surface area (Å²) in [7, 11) is 0. The molecular weight excluding hydrogens is 272 g/mol. The molecule has 0 aromatic carbocycles. The van der Waals surface area contributed by atoms with Crippen molar-refractivity contribution >= 4 is 23.0 Å². The molecule has 0 spiro atoms. The molecule has 0 bridgehead atoms. The molecule has 0 aliphatic heterocycles. The molecule has 6 nitrogen and oxygen atoms in total. The summed E-state index contributed by atoms with van der Waals surface area (Å²) in [5.41, 5.74) is 4.71. The molecule has 0 fully saturated rings. The first-order valence-corrected chi connectivity index (χ1v) is 7.46. The molecule has 2 aromatic heterocycles. The summed E-state index contributed by atoms with van der Waals surface area (Å²) in [6.07, 6.45) is 2.39. The lowest BCUT2D eigenvalue weighted by atomic mass is 10.0. The van der Waals surface area contributed by atoms with Crippen LogP contribution in [0.5, 0.6) is 0 Å². The van der Waals surface area contributed by atoms with E-state index >= 15 is 0 Å². The summed E-state index contributed by atoms with van der Waals surface area (Å²) in [5, 5.41) is 6.54. The number of thiazole rings is 1. The van der Waals surface area contributed by atoms with Crippen LogP contribution in [-0.4, -0.2) is 21.5 Å². The SMILES string of the molecule is Cc1csc(CCNc2ncnc(NN)c2C(C)C)n1. The lowest BCUT2D eigenvalue weighted by molar-refractivity contribution is 0.842. The average Bonchev–Trinajstić information content (AvgIpc) is 2.83. The van der Waals surface area contributed by atoms with Crippen LogP contribution in [0.25, 0.3) is 0 Å². The van der Waals surface area contributed by atoms with Crippen LogP contribution >= 0.6 is 11.3 Å². The van der Waals surface area contributed by atoms with Gasteiger partial charge in [0.25, 0.3) is 0 Å². The van der Waals surface area contributed by atoms with E-state index in [0.717, 1.165) is 35.0 Å². The van der Waals surface area contributed by atoms with Gasteiger partial charge in [-0.15, -0.1) is 11.3 Å². The van der Waals surface area contributed by atoms with E-state index in [1.54, 1.807) is 11.3 Å². The Balaban J connectivity index is 2.05. The maximum absolute atomic E-state index is 5.50. The lowest BCUT2D eigenvalue weighted by Gasteiger charge is -2.16. The van der Waals surface area contributed by atoms with Gasteiger partial charge in [-0.1, -0.05) is 13.8 Å². The molecule has 20 heavy (non-hydrogen) atoms. The highest BCUT2D eigenvalue weighted by Gasteiger charge is 2.14. The van der Waals surface area contributed by atoms with Crippen LogP contribution in [0.3, 0.4) is 0 Å². The van der Waals surface area contributed by atoms with Crippen molar-refractivity contribution in [1.29, 1.82) is 0 Å². The topological polar surface area (TPSA) is 88.8 Å². The molecule has 2 rings (SSSR count). The zero-order valence-electron chi connectivity index (χ0n) is 12.0. The molecule has 0 saturated heterocycles. The maximum Gasteiger partial charge on any atom is 0.148 e. The van der Waals surface area contributed by atoms with Gasteiger partial charge < -0.3 is 10.7 Å². The number of nitrogens with zero attached hydrogens (tertiary/aromatic N) is 3. The highest BCUT2D eigenvalue weighted by atomic mass is 32.1. The summed E-state index contributed by atoms with van der Waals surface area (Å²) >= 11 is 1.69. The summed E-state index contributed by atoms with van der Waals surface area (Å²) in [5.74, 6) is 7.29. The summed E-state index contributed by atoms with van der Waals surface area (Å²) < 4.78 is 0. The highest BCUT2D eigenvalue weighted by Crippen LogP contribution is 2.27. The Hall–Kier alpha value is -1.73. The van der Waals surface area contributed by atoms with Crippen molar-refractivity contribution in [2.75, 3.05) is 17.3 Å². The van der Waals surface area contributed by atoms with Gasteiger partial charge in [0.1, 0.15) is 18.0 Å². The van der Waals surface area contributed by atoms with E-state index in [9.17, 15) is 0 Å². The van der Waals surface area contributed by atoms with Gasteiger partial charge in [-0.05, 0) is 12.8 Å². The second-order valence-electron chi connectivity index (χ2n) is 4.84. The molecule has 2 heterocycles. The van der Waals surface area contributed by atoms with Crippen molar-refractivity contribution in [3.63, 3.8) is 0 Å². The van der Waals surface area contributed by atoms with E-state index in [1.807, 2.05) is 6.92 Å². The first kappa shape index (κ1) is 14.7. The lowest BCUT2D eigenvalue weighted by Crippen LogP contribution is -2.16. The molecule has 0 amide bonds. The minimum atomic E-state index is 0.284. The van der Waals surface area contributed by atoms with Crippen LogP contribution in [0, 0.1) is 6.92 Å². The summed E-state index contributed by atoms with van der Waals surface area (Å²) in [6, 6.07) is 0. The molecule has 7 heteroatoms. The Morgan fingerprint density at radius 1 is 1.30 bits per heavy atom. The number of aryl methyl sites for hydroxylation is 1. The smallest absolute Gasteiger partial charge is 0.148 e. The van der Waals surface area contributed by atoms with Crippen LogP contribution < -0.4 is 16.6 Å². The van der Waals surface area contributed by atoms with Crippen LogP contribution in [0.4, 0.5) is 11.6 Å². The standard InChI is InChI=1S/C13H20N6S/c1-8(2)11-12(16-7-17-13(11)19-14)15-5-4-10-18-9(3)6-20-10/h6-8H,4-5,14H2,1-3H3,(H2,15,16,17,19). The molecule has 4 N–H and O–H groups in total. The van der Waals surface area contributed by atoms with Crippen molar-refractivity contribution in [1.82, 2.24) is 15.0 Å². The number of anilines is 2. The van der Waals surface area contributed by atoms with Crippen LogP contribution in [-0.2, 0) is 6.42 Å². The number of aromatic nitrogens is 3. The van der Waals surface area contributed by atoms with E-state index in [1.165, 1.54) is 6.33 Å². The third kappa shape index (κ3) is 3.43. The summed E-state index contributed by atoms with van der Waals surface area (Å²) in [6.45, 7) is 6.98. The second kappa shape index (κ2) is 6.62. The van der Waals surface area contributed by atoms with Gasteiger partial charge in [0.2, 0.25) is 0 Å². The first-order chi connectivity index (χ1) is 9.61. The number of nitrogens with two attached hydrogens (primary N) is 1. The third-order valence-electron chi connectivity index (χ3n) is 2.90. The van der Waals surface area contributed by atoms with E-state index in [4.69, 9.17) is 5.84 Å². The van der Waals surface area contributed by atoms with Crippen LogP contribution in [0.1, 0.15) is 36.0 Å². The van der Waals surface area contributed by atoms with Gasteiger partial charge in [-0.3, -0.25) is 0 Å². The van der Waals surface area contributed by atoms with Gasteiger partial charge in [0.05, 0.1) is 5.01 Å². The van der Waals surface area contributed by atoms with Crippen LogP contribution in [0.15, 0.2) is 11.7 Å². The van der Waals surface area contributed by atoms with Crippen molar-refractivity contribution in [2.45, 2.75) is 33.1 Å².